The SMILES string of the molecule is COc1ccc2c(c1)C(=O)N(CC1(c3cc4cc(C5=CC(C)CC=CC=C5)ccc4o3)NC(=O)[N+]3(CC3)C1=O)C2. The standard InChI is InChI=1S/C32H29N3O5/c1-20-6-4-3-5-7-21(14-20)22-9-11-27-24(15-22)16-28(40-27)32(30(37)35(12-13-35)31(38)33-32)19-34-18-23-8-10-25(39-2)17-26(23)29(34)36/h3-5,7-11,14-17,20H,6,12-13,18-19H2,1-2H3/p+1. The van der Waals surface area contributed by atoms with Crippen molar-refractivity contribution in [2.24, 2.45) is 5.92 Å². The minimum absolute atomic E-state index is 0.0161. The summed E-state index contributed by atoms with van der Waals surface area (Å²) in [4.78, 5) is 42.2. The average molecular weight is 537 g/mol. The Balaban J connectivity index is 1.28. The smallest absolute Gasteiger partial charge is 0.425 e. The van der Waals surface area contributed by atoms with Crippen LogP contribution in [-0.4, -0.2) is 54.0 Å². The number of ether oxygens (including phenoxy) is 1. The van der Waals surface area contributed by atoms with Crippen molar-refractivity contribution in [1.82, 2.24) is 10.2 Å². The van der Waals surface area contributed by atoms with Gasteiger partial charge in [-0.25, -0.2) is 9.59 Å². The maximum Gasteiger partial charge on any atom is 0.425 e. The van der Waals surface area contributed by atoms with E-state index in [1.165, 1.54) is 0 Å². The Morgan fingerprint density at radius 3 is 2.73 bits per heavy atom. The van der Waals surface area contributed by atoms with E-state index in [2.05, 4.69) is 42.6 Å². The molecule has 0 bridgehead atoms. The van der Waals surface area contributed by atoms with E-state index >= 15 is 0 Å². The molecule has 2 atom stereocenters. The molecule has 4 aliphatic rings. The van der Waals surface area contributed by atoms with Gasteiger partial charge in [-0.15, -0.1) is 0 Å². The molecule has 1 aromatic heterocycles. The molecule has 8 heteroatoms. The fraction of sp³-hybridized carbons (Fsp3) is 0.281. The maximum absolute atomic E-state index is 14.0. The van der Waals surface area contributed by atoms with Crippen molar-refractivity contribution in [3.8, 4) is 5.75 Å². The molecular weight excluding hydrogens is 506 g/mol. The number of carbonyl (C=O) groups is 3. The zero-order valence-corrected chi connectivity index (χ0v) is 22.5. The number of methoxy groups -OCH3 is 1. The van der Waals surface area contributed by atoms with Crippen LogP contribution < -0.4 is 10.1 Å². The van der Waals surface area contributed by atoms with E-state index < -0.39 is 5.54 Å². The second-order valence-electron chi connectivity index (χ2n) is 11.2. The van der Waals surface area contributed by atoms with Gasteiger partial charge in [0.15, 0.2) is 0 Å². The summed E-state index contributed by atoms with van der Waals surface area (Å²) in [6.45, 7) is 3.42. The molecule has 2 unspecified atom stereocenters. The number of benzene rings is 2. The summed E-state index contributed by atoms with van der Waals surface area (Å²) in [5.74, 6) is 0.861. The summed E-state index contributed by atoms with van der Waals surface area (Å²) in [7, 11) is 1.56. The Bertz CT molecular complexity index is 1690. The molecule has 4 heterocycles. The number of allylic oxidation sites excluding steroid dienone is 6. The van der Waals surface area contributed by atoms with Crippen molar-refractivity contribution in [3.05, 3.63) is 95.3 Å². The molecule has 0 saturated carbocycles. The van der Waals surface area contributed by atoms with E-state index in [9.17, 15) is 14.4 Å². The molecule has 40 heavy (non-hydrogen) atoms. The van der Waals surface area contributed by atoms with Gasteiger partial charge < -0.3 is 14.1 Å². The summed E-state index contributed by atoms with van der Waals surface area (Å²) < 4.78 is 11.4. The third kappa shape index (κ3) is 3.67. The highest BCUT2D eigenvalue weighted by Gasteiger charge is 2.73. The van der Waals surface area contributed by atoms with E-state index in [1.54, 1.807) is 18.1 Å². The lowest BCUT2D eigenvalue weighted by Gasteiger charge is -2.27. The second-order valence-corrected chi connectivity index (χ2v) is 11.2. The van der Waals surface area contributed by atoms with E-state index in [0.29, 0.717) is 48.2 Å². The Kier molecular flexibility index (Phi) is 5.41. The van der Waals surface area contributed by atoms with Gasteiger partial charge >= 0.3 is 11.9 Å². The first-order valence-electron chi connectivity index (χ1n) is 13.6. The first-order valence-corrected chi connectivity index (χ1v) is 13.6. The monoisotopic (exact) mass is 536 g/mol. The Hall–Kier alpha value is -4.43. The number of rotatable bonds is 5. The van der Waals surface area contributed by atoms with Crippen LogP contribution in [0.25, 0.3) is 16.5 Å². The van der Waals surface area contributed by atoms with E-state index in [4.69, 9.17) is 9.15 Å². The fourth-order valence-electron chi connectivity index (χ4n) is 6.13. The predicted octanol–water partition coefficient (Wildman–Crippen LogP) is 4.91. The van der Waals surface area contributed by atoms with Crippen LogP contribution in [0.2, 0.25) is 0 Å². The summed E-state index contributed by atoms with van der Waals surface area (Å²) >= 11 is 0. The number of quaternary nitrogens is 1. The van der Waals surface area contributed by atoms with Crippen molar-refractivity contribution >= 4 is 34.4 Å². The zero-order chi connectivity index (χ0) is 27.6. The number of imide groups is 1. The molecule has 3 aliphatic heterocycles. The number of carbonyl (C=O) groups excluding carboxylic acids is 3. The highest BCUT2D eigenvalue weighted by Crippen LogP contribution is 2.43. The minimum Gasteiger partial charge on any atom is -0.497 e. The normalized spacial score (nSPS) is 24.8. The molecule has 7 rings (SSSR count). The summed E-state index contributed by atoms with van der Waals surface area (Å²) in [5.41, 5.74) is 2.70. The quantitative estimate of drug-likeness (QED) is 0.284. The van der Waals surface area contributed by atoms with Gasteiger partial charge in [0.25, 0.3) is 5.91 Å². The van der Waals surface area contributed by atoms with Gasteiger partial charge in [0.05, 0.1) is 13.7 Å². The molecule has 4 amide bonds. The van der Waals surface area contributed by atoms with Crippen molar-refractivity contribution in [2.75, 3.05) is 26.7 Å². The van der Waals surface area contributed by atoms with Crippen molar-refractivity contribution in [3.63, 3.8) is 0 Å². The number of nitrogens with zero attached hydrogens (tertiary/aromatic N) is 2. The second kappa shape index (κ2) is 8.79. The van der Waals surface area contributed by atoms with Gasteiger partial charge in [0.1, 0.15) is 30.2 Å². The Morgan fingerprint density at radius 1 is 1.10 bits per heavy atom. The van der Waals surface area contributed by atoms with E-state index in [-0.39, 0.29) is 28.9 Å². The van der Waals surface area contributed by atoms with Crippen molar-refractivity contribution in [2.45, 2.75) is 25.4 Å². The number of urea groups is 1. The number of furan rings is 1. The van der Waals surface area contributed by atoms with Crippen LogP contribution >= 0.6 is 0 Å². The van der Waals surface area contributed by atoms with Gasteiger partial charge in [-0.3, -0.25) is 10.1 Å². The van der Waals surface area contributed by atoms with Crippen LogP contribution in [0.3, 0.4) is 0 Å². The Morgan fingerprint density at radius 2 is 1.95 bits per heavy atom. The Labute approximate surface area is 231 Å². The van der Waals surface area contributed by atoms with Gasteiger partial charge in [-0.1, -0.05) is 49.4 Å². The molecule has 202 valence electrons. The highest BCUT2D eigenvalue weighted by molar-refractivity contribution is 6.03. The van der Waals surface area contributed by atoms with E-state index in [1.807, 2.05) is 36.4 Å². The number of hydrogen-bond acceptors (Lipinski definition) is 5. The lowest BCUT2D eigenvalue weighted by molar-refractivity contribution is -0.621. The summed E-state index contributed by atoms with van der Waals surface area (Å²) in [5, 5.41) is 3.82. The molecule has 8 nitrogen and oxygen atoms in total. The number of nitrogens with one attached hydrogen (secondary N) is 1. The number of hydrogen-bond donors (Lipinski definition) is 1. The van der Waals surface area contributed by atoms with Crippen LogP contribution in [0.1, 0.15) is 40.6 Å². The van der Waals surface area contributed by atoms with Crippen LogP contribution in [0, 0.1) is 5.92 Å². The zero-order valence-electron chi connectivity index (χ0n) is 22.5. The van der Waals surface area contributed by atoms with Crippen molar-refractivity contribution < 1.29 is 28.0 Å². The molecule has 1 spiro atoms. The number of amides is 4. The van der Waals surface area contributed by atoms with E-state index in [0.717, 1.165) is 28.5 Å². The molecule has 2 saturated heterocycles. The lowest BCUT2D eigenvalue weighted by Crippen LogP contribution is -2.52. The summed E-state index contributed by atoms with van der Waals surface area (Å²) in [6.07, 6.45) is 11.6. The van der Waals surface area contributed by atoms with Crippen LogP contribution in [-0.2, 0) is 16.9 Å². The lowest BCUT2D eigenvalue weighted by atomic mass is 9.94. The van der Waals surface area contributed by atoms with Crippen molar-refractivity contribution in [1.29, 1.82) is 0 Å². The maximum atomic E-state index is 14.0. The van der Waals surface area contributed by atoms with Crippen LogP contribution in [0.15, 0.2) is 77.3 Å². The summed E-state index contributed by atoms with van der Waals surface area (Å²) in [6, 6.07) is 12.9. The third-order valence-corrected chi connectivity index (χ3v) is 8.52. The molecule has 3 aromatic rings. The molecule has 1 aliphatic carbocycles. The van der Waals surface area contributed by atoms with Gasteiger partial charge in [-0.2, -0.15) is 4.48 Å². The molecule has 0 radical (unpaired) electrons. The largest absolute Gasteiger partial charge is 0.497 e. The van der Waals surface area contributed by atoms with Crippen LogP contribution in [0.4, 0.5) is 4.79 Å². The topological polar surface area (TPSA) is 88.8 Å². The minimum atomic E-state index is -1.48. The molecule has 2 fully saturated rings. The van der Waals surface area contributed by atoms with Gasteiger partial charge in [0.2, 0.25) is 5.54 Å². The predicted molar refractivity (Wildman–Crippen MR) is 149 cm³/mol. The molecule has 2 aromatic carbocycles. The first kappa shape index (κ1) is 24.6. The van der Waals surface area contributed by atoms with Crippen LogP contribution in [0.5, 0.6) is 5.75 Å². The highest BCUT2D eigenvalue weighted by atomic mass is 16.5. The number of fused-ring (bicyclic) bond motifs is 2. The van der Waals surface area contributed by atoms with Gasteiger partial charge in [0, 0.05) is 17.5 Å². The van der Waals surface area contributed by atoms with Gasteiger partial charge in [-0.05, 0) is 59.4 Å². The average Bonchev–Trinajstić information content (AvgIpc) is 3.49. The molecule has 1 N–H and O–H groups in total. The first-order chi connectivity index (χ1) is 19.3. The fourth-order valence-corrected chi connectivity index (χ4v) is 6.13. The molecular formula is C32H30N3O5+. The third-order valence-electron chi connectivity index (χ3n) is 8.52.